The Bertz CT molecular complexity index is 443. The molecule has 1 aromatic heterocycles. The molecule has 0 spiro atoms. The summed E-state index contributed by atoms with van der Waals surface area (Å²) in [5.41, 5.74) is 0.366. The third kappa shape index (κ3) is 2.57. The number of nitrogens with zero attached hydrogens (tertiary/aromatic N) is 3. The van der Waals surface area contributed by atoms with E-state index < -0.39 is 0 Å². The smallest absolute Gasteiger partial charge is 0.274 e. The number of rotatable bonds is 4. The van der Waals surface area contributed by atoms with Crippen LogP contribution < -0.4 is 0 Å². The lowest BCUT2D eigenvalue weighted by atomic mass is 10.3. The van der Waals surface area contributed by atoms with Crippen LogP contribution in [0.25, 0.3) is 0 Å². The Labute approximate surface area is 105 Å². The van der Waals surface area contributed by atoms with E-state index in [9.17, 15) is 4.79 Å². The average molecular weight is 252 g/mol. The van der Waals surface area contributed by atoms with Crippen molar-refractivity contribution < 1.29 is 4.79 Å². The van der Waals surface area contributed by atoms with Crippen molar-refractivity contribution in [3.8, 4) is 0 Å². The minimum absolute atomic E-state index is 0.0191. The normalized spacial score (nSPS) is 19.1. The molecule has 5 heteroatoms. The Kier molecular flexibility index (Phi) is 2.74. The van der Waals surface area contributed by atoms with Crippen LogP contribution in [-0.2, 0) is 0 Å². The monoisotopic (exact) mass is 251 g/mol. The van der Waals surface area contributed by atoms with Gasteiger partial charge in [-0.3, -0.25) is 9.78 Å². The lowest BCUT2D eigenvalue weighted by molar-refractivity contribution is 0.0728. The van der Waals surface area contributed by atoms with Gasteiger partial charge in [0.05, 0.1) is 12.4 Å². The molecule has 3 rings (SSSR count). The molecular formula is C12H14ClN3O. The van der Waals surface area contributed by atoms with Gasteiger partial charge in [-0.2, -0.15) is 0 Å². The highest BCUT2D eigenvalue weighted by Crippen LogP contribution is 2.35. The number of carbonyl (C=O) groups is 1. The van der Waals surface area contributed by atoms with Crippen molar-refractivity contribution in [2.45, 2.75) is 31.7 Å². The van der Waals surface area contributed by atoms with Gasteiger partial charge >= 0.3 is 0 Å². The summed E-state index contributed by atoms with van der Waals surface area (Å²) in [5.74, 6) is 0.682. The molecule has 17 heavy (non-hydrogen) atoms. The summed E-state index contributed by atoms with van der Waals surface area (Å²) in [6.45, 7) is 0.873. The van der Waals surface area contributed by atoms with E-state index in [-0.39, 0.29) is 11.1 Å². The van der Waals surface area contributed by atoms with Gasteiger partial charge in [-0.15, -0.1) is 0 Å². The highest BCUT2D eigenvalue weighted by Gasteiger charge is 2.37. The second kappa shape index (κ2) is 4.26. The summed E-state index contributed by atoms with van der Waals surface area (Å²) in [6, 6.07) is 0.420. The zero-order chi connectivity index (χ0) is 11.8. The third-order valence-electron chi connectivity index (χ3n) is 3.22. The molecule has 2 saturated carbocycles. The van der Waals surface area contributed by atoms with E-state index in [1.165, 1.54) is 25.2 Å². The second-order valence-corrected chi connectivity index (χ2v) is 5.25. The number of aromatic nitrogens is 2. The fourth-order valence-corrected chi connectivity index (χ4v) is 2.10. The van der Waals surface area contributed by atoms with Crippen molar-refractivity contribution in [2.24, 2.45) is 5.92 Å². The highest BCUT2D eigenvalue weighted by molar-refractivity contribution is 6.29. The lowest BCUT2D eigenvalue weighted by Crippen LogP contribution is -2.35. The predicted molar refractivity (Wildman–Crippen MR) is 63.8 cm³/mol. The van der Waals surface area contributed by atoms with Gasteiger partial charge in [0.2, 0.25) is 0 Å². The van der Waals surface area contributed by atoms with Crippen LogP contribution in [0.3, 0.4) is 0 Å². The topological polar surface area (TPSA) is 46.1 Å². The minimum atomic E-state index is -0.0191. The van der Waals surface area contributed by atoms with Crippen molar-refractivity contribution in [3.63, 3.8) is 0 Å². The van der Waals surface area contributed by atoms with Crippen molar-refractivity contribution in [3.05, 3.63) is 23.2 Å². The summed E-state index contributed by atoms with van der Waals surface area (Å²) in [4.78, 5) is 22.2. The van der Waals surface area contributed by atoms with Gasteiger partial charge in [0.1, 0.15) is 10.8 Å². The summed E-state index contributed by atoms with van der Waals surface area (Å²) < 4.78 is 0. The number of carbonyl (C=O) groups excluding carboxylic acids is 1. The summed E-state index contributed by atoms with van der Waals surface area (Å²) in [5, 5.41) is 0.276. The van der Waals surface area contributed by atoms with Gasteiger partial charge in [0.25, 0.3) is 5.91 Å². The highest BCUT2D eigenvalue weighted by atomic mass is 35.5. The maximum Gasteiger partial charge on any atom is 0.274 e. The molecule has 0 bridgehead atoms. The Morgan fingerprint density at radius 2 is 2.12 bits per heavy atom. The summed E-state index contributed by atoms with van der Waals surface area (Å²) in [7, 11) is 0. The van der Waals surface area contributed by atoms with Crippen molar-refractivity contribution >= 4 is 17.5 Å². The first kappa shape index (κ1) is 11.0. The molecule has 0 radical (unpaired) electrons. The SMILES string of the molecule is O=C(c1cncc(Cl)n1)N(CC1CC1)C1CC1. The van der Waals surface area contributed by atoms with Gasteiger partial charge in [-0.05, 0) is 31.6 Å². The Morgan fingerprint density at radius 3 is 2.71 bits per heavy atom. The van der Waals surface area contributed by atoms with E-state index in [2.05, 4.69) is 9.97 Å². The van der Waals surface area contributed by atoms with E-state index in [0.717, 1.165) is 19.4 Å². The van der Waals surface area contributed by atoms with E-state index >= 15 is 0 Å². The molecular weight excluding hydrogens is 238 g/mol. The van der Waals surface area contributed by atoms with E-state index in [0.29, 0.717) is 17.7 Å². The lowest BCUT2D eigenvalue weighted by Gasteiger charge is -2.21. The molecule has 0 unspecified atom stereocenters. The van der Waals surface area contributed by atoms with Crippen LogP contribution in [0.2, 0.25) is 5.15 Å². The van der Waals surface area contributed by atoms with Crippen LogP contribution >= 0.6 is 11.6 Å². The minimum Gasteiger partial charge on any atom is -0.334 e. The molecule has 1 amide bonds. The van der Waals surface area contributed by atoms with Crippen LogP contribution in [-0.4, -0.2) is 33.4 Å². The fourth-order valence-electron chi connectivity index (χ4n) is 1.95. The molecule has 2 fully saturated rings. The van der Waals surface area contributed by atoms with Gasteiger partial charge in [-0.1, -0.05) is 11.6 Å². The first-order valence-corrected chi connectivity index (χ1v) is 6.40. The van der Waals surface area contributed by atoms with Crippen LogP contribution in [0.1, 0.15) is 36.2 Å². The zero-order valence-electron chi connectivity index (χ0n) is 9.47. The molecule has 2 aliphatic carbocycles. The van der Waals surface area contributed by atoms with E-state index in [1.54, 1.807) is 0 Å². The van der Waals surface area contributed by atoms with Gasteiger partial charge in [0.15, 0.2) is 0 Å². The quantitative estimate of drug-likeness (QED) is 0.824. The predicted octanol–water partition coefficient (Wildman–Crippen LogP) is 2.14. The molecule has 1 aromatic rings. The number of hydrogen-bond acceptors (Lipinski definition) is 3. The first-order chi connectivity index (χ1) is 8.24. The largest absolute Gasteiger partial charge is 0.334 e. The molecule has 0 atom stereocenters. The Hall–Kier alpha value is -1.16. The second-order valence-electron chi connectivity index (χ2n) is 4.86. The Morgan fingerprint density at radius 1 is 1.35 bits per heavy atom. The van der Waals surface area contributed by atoms with Crippen LogP contribution in [0.5, 0.6) is 0 Å². The van der Waals surface area contributed by atoms with E-state index in [1.807, 2.05) is 4.90 Å². The molecule has 0 saturated heterocycles. The molecule has 4 nitrogen and oxygen atoms in total. The molecule has 90 valence electrons. The molecule has 2 aliphatic rings. The number of hydrogen-bond donors (Lipinski definition) is 0. The van der Waals surface area contributed by atoms with Crippen molar-refractivity contribution in [1.29, 1.82) is 0 Å². The fraction of sp³-hybridized carbons (Fsp3) is 0.583. The standard InChI is InChI=1S/C12H14ClN3O/c13-11-6-14-5-10(15-11)12(17)16(9-3-4-9)7-8-1-2-8/h5-6,8-9H,1-4,7H2. The van der Waals surface area contributed by atoms with Gasteiger partial charge in [0, 0.05) is 12.6 Å². The molecule has 1 heterocycles. The van der Waals surface area contributed by atoms with E-state index in [4.69, 9.17) is 11.6 Å². The summed E-state index contributed by atoms with van der Waals surface area (Å²) >= 11 is 5.76. The zero-order valence-corrected chi connectivity index (χ0v) is 10.2. The molecule has 0 N–H and O–H groups in total. The van der Waals surface area contributed by atoms with Gasteiger partial charge in [-0.25, -0.2) is 4.98 Å². The molecule has 0 aromatic carbocycles. The van der Waals surface area contributed by atoms with Crippen molar-refractivity contribution in [1.82, 2.24) is 14.9 Å². The third-order valence-corrected chi connectivity index (χ3v) is 3.41. The Balaban J connectivity index is 1.77. The van der Waals surface area contributed by atoms with Crippen LogP contribution in [0, 0.1) is 5.92 Å². The van der Waals surface area contributed by atoms with Crippen LogP contribution in [0.4, 0.5) is 0 Å². The molecule has 0 aliphatic heterocycles. The maximum absolute atomic E-state index is 12.3. The number of halogens is 1. The average Bonchev–Trinajstić information content (AvgIpc) is 3.16. The van der Waals surface area contributed by atoms with Gasteiger partial charge < -0.3 is 4.90 Å². The van der Waals surface area contributed by atoms with Crippen LogP contribution in [0.15, 0.2) is 12.4 Å². The maximum atomic E-state index is 12.3. The summed E-state index contributed by atoms with van der Waals surface area (Å²) in [6.07, 6.45) is 7.67. The van der Waals surface area contributed by atoms with Crippen molar-refractivity contribution in [2.75, 3.05) is 6.54 Å². The number of amides is 1. The first-order valence-electron chi connectivity index (χ1n) is 6.02.